The zero-order valence-corrected chi connectivity index (χ0v) is 13.5. The van der Waals surface area contributed by atoms with Gasteiger partial charge in [0.1, 0.15) is 0 Å². The Kier molecular flexibility index (Phi) is 5.14. The fourth-order valence-electron chi connectivity index (χ4n) is 3.59. The molecule has 2 fully saturated rings. The molecule has 1 aliphatic carbocycles. The summed E-state index contributed by atoms with van der Waals surface area (Å²) in [5.74, 6) is 1.48. The number of likely N-dealkylation sites (tertiary alicyclic amines) is 1. The van der Waals surface area contributed by atoms with Crippen LogP contribution < -0.4 is 0 Å². The van der Waals surface area contributed by atoms with Crippen molar-refractivity contribution in [2.75, 3.05) is 26.3 Å². The second-order valence-electron chi connectivity index (χ2n) is 6.68. The molecule has 2 aliphatic rings. The van der Waals surface area contributed by atoms with E-state index in [4.69, 9.17) is 4.74 Å². The third-order valence-corrected chi connectivity index (χ3v) is 4.91. The smallest absolute Gasteiger partial charge is 0.230 e. The number of hydrogen-bond donors (Lipinski definition) is 0. The molecule has 0 N–H and O–H groups in total. The lowest BCUT2D eigenvalue weighted by molar-refractivity contribution is -0.135. The van der Waals surface area contributed by atoms with Crippen LogP contribution in [-0.4, -0.2) is 37.1 Å². The van der Waals surface area contributed by atoms with Gasteiger partial charge >= 0.3 is 0 Å². The molecule has 1 amide bonds. The Labute approximate surface area is 133 Å². The largest absolute Gasteiger partial charge is 0.381 e. The van der Waals surface area contributed by atoms with E-state index in [1.54, 1.807) is 0 Å². The minimum absolute atomic E-state index is 0.0760. The fraction of sp³-hybridized carbons (Fsp3) is 0.632. The Balaban J connectivity index is 1.68. The molecule has 3 nitrogen and oxygen atoms in total. The number of carbonyl (C=O) groups excluding carboxylic acids is 1. The molecule has 0 spiro atoms. The Morgan fingerprint density at radius 2 is 2.05 bits per heavy atom. The SMILES string of the molecule is CCOCC1CCCN(C(=O)C(c2ccccc2)C2CC2)C1. The Morgan fingerprint density at radius 1 is 1.27 bits per heavy atom. The first-order valence-corrected chi connectivity index (χ1v) is 8.71. The Morgan fingerprint density at radius 3 is 2.73 bits per heavy atom. The van der Waals surface area contributed by atoms with E-state index in [-0.39, 0.29) is 5.92 Å². The van der Waals surface area contributed by atoms with Crippen LogP contribution in [0.15, 0.2) is 30.3 Å². The van der Waals surface area contributed by atoms with E-state index in [0.29, 0.717) is 17.7 Å². The van der Waals surface area contributed by atoms with Crippen molar-refractivity contribution in [3.8, 4) is 0 Å². The molecule has 120 valence electrons. The van der Waals surface area contributed by atoms with Crippen LogP contribution in [0.3, 0.4) is 0 Å². The van der Waals surface area contributed by atoms with Crippen molar-refractivity contribution < 1.29 is 9.53 Å². The average molecular weight is 301 g/mol. The van der Waals surface area contributed by atoms with Gasteiger partial charge in [0.25, 0.3) is 0 Å². The molecule has 1 saturated heterocycles. The number of piperidine rings is 1. The van der Waals surface area contributed by atoms with Gasteiger partial charge in [0.05, 0.1) is 12.5 Å². The molecule has 1 saturated carbocycles. The second kappa shape index (κ2) is 7.28. The summed E-state index contributed by atoms with van der Waals surface area (Å²) in [5, 5.41) is 0. The van der Waals surface area contributed by atoms with Gasteiger partial charge in [0, 0.05) is 19.7 Å². The van der Waals surface area contributed by atoms with Gasteiger partial charge in [0.2, 0.25) is 5.91 Å². The molecule has 1 aromatic carbocycles. The number of hydrogen-bond acceptors (Lipinski definition) is 2. The highest BCUT2D eigenvalue weighted by Crippen LogP contribution is 2.44. The van der Waals surface area contributed by atoms with Crippen molar-refractivity contribution in [3.05, 3.63) is 35.9 Å². The van der Waals surface area contributed by atoms with Crippen LogP contribution in [-0.2, 0) is 9.53 Å². The summed E-state index contributed by atoms with van der Waals surface area (Å²) in [6.07, 6.45) is 4.68. The standard InChI is InChI=1S/C19H27NO2/c1-2-22-14-15-7-6-12-20(13-15)19(21)18(17-10-11-17)16-8-4-3-5-9-16/h3-5,8-9,15,17-18H,2,6-7,10-14H2,1H3. The van der Waals surface area contributed by atoms with Crippen LogP contribution in [0.4, 0.5) is 0 Å². The van der Waals surface area contributed by atoms with Crippen molar-refractivity contribution in [2.45, 2.75) is 38.5 Å². The minimum atomic E-state index is 0.0760. The zero-order valence-electron chi connectivity index (χ0n) is 13.5. The second-order valence-corrected chi connectivity index (χ2v) is 6.68. The van der Waals surface area contributed by atoms with Crippen LogP contribution in [0, 0.1) is 11.8 Å². The van der Waals surface area contributed by atoms with Crippen LogP contribution in [0.1, 0.15) is 44.1 Å². The monoisotopic (exact) mass is 301 g/mol. The predicted octanol–water partition coefficient (Wildman–Crippen LogP) is 3.46. The molecule has 2 atom stereocenters. The molecule has 1 heterocycles. The Bertz CT molecular complexity index is 483. The summed E-state index contributed by atoms with van der Waals surface area (Å²) in [7, 11) is 0. The van der Waals surface area contributed by atoms with Gasteiger partial charge in [-0.15, -0.1) is 0 Å². The molecule has 1 aliphatic heterocycles. The normalized spacial score (nSPS) is 23.3. The maximum atomic E-state index is 13.1. The van der Waals surface area contributed by atoms with E-state index in [2.05, 4.69) is 17.0 Å². The number of benzene rings is 1. The van der Waals surface area contributed by atoms with Crippen LogP contribution >= 0.6 is 0 Å². The number of nitrogens with zero attached hydrogens (tertiary/aromatic N) is 1. The number of ether oxygens (including phenoxy) is 1. The molecule has 2 unspecified atom stereocenters. The summed E-state index contributed by atoms with van der Waals surface area (Å²) in [6, 6.07) is 10.3. The fourth-order valence-corrected chi connectivity index (χ4v) is 3.59. The summed E-state index contributed by atoms with van der Waals surface area (Å²) in [5.41, 5.74) is 1.20. The van der Waals surface area contributed by atoms with E-state index in [0.717, 1.165) is 32.7 Å². The molecule has 22 heavy (non-hydrogen) atoms. The van der Waals surface area contributed by atoms with Gasteiger partial charge in [-0.1, -0.05) is 30.3 Å². The lowest BCUT2D eigenvalue weighted by Gasteiger charge is -2.35. The lowest BCUT2D eigenvalue weighted by atomic mass is 9.90. The number of carbonyl (C=O) groups is 1. The molecule has 3 heteroatoms. The van der Waals surface area contributed by atoms with Gasteiger partial charge in [0.15, 0.2) is 0 Å². The number of rotatable bonds is 6. The van der Waals surface area contributed by atoms with Crippen LogP contribution in [0.2, 0.25) is 0 Å². The van der Waals surface area contributed by atoms with E-state index in [9.17, 15) is 4.79 Å². The maximum Gasteiger partial charge on any atom is 0.230 e. The van der Waals surface area contributed by atoms with Crippen molar-refractivity contribution in [2.24, 2.45) is 11.8 Å². The van der Waals surface area contributed by atoms with E-state index in [1.165, 1.54) is 24.8 Å². The summed E-state index contributed by atoms with van der Waals surface area (Å²) in [6.45, 7) is 5.37. The van der Waals surface area contributed by atoms with E-state index < -0.39 is 0 Å². The van der Waals surface area contributed by atoms with Gasteiger partial charge < -0.3 is 9.64 Å². The van der Waals surface area contributed by atoms with E-state index >= 15 is 0 Å². The van der Waals surface area contributed by atoms with Gasteiger partial charge in [-0.3, -0.25) is 4.79 Å². The van der Waals surface area contributed by atoms with Gasteiger partial charge in [-0.25, -0.2) is 0 Å². The lowest BCUT2D eigenvalue weighted by Crippen LogP contribution is -2.43. The van der Waals surface area contributed by atoms with Crippen molar-refractivity contribution in [3.63, 3.8) is 0 Å². The third kappa shape index (κ3) is 3.70. The molecule has 1 aromatic rings. The van der Waals surface area contributed by atoms with Crippen molar-refractivity contribution in [1.82, 2.24) is 4.90 Å². The van der Waals surface area contributed by atoms with Gasteiger partial charge in [-0.05, 0) is 50.0 Å². The molecular weight excluding hydrogens is 274 g/mol. The van der Waals surface area contributed by atoms with E-state index in [1.807, 2.05) is 25.1 Å². The quantitative estimate of drug-likeness (QED) is 0.805. The first-order valence-electron chi connectivity index (χ1n) is 8.71. The minimum Gasteiger partial charge on any atom is -0.381 e. The molecule has 0 aromatic heterocycles. The van der Waals surface area contributed by atoms with Crippen molar-refractivity contribution >= 4 is 5.91 Å². The van der Waals surface area contributed by atoms with Crippen LogP contribution in [0.5, 0.6) is 0 Å². The first kappa shape index (κ1) is 15.5. The maximum absolute atomic E-state index is 13.1. The third-order valence-electron chi connectivity index (χ3n) is 4.91. The summed E-state index contributed by atoms with van der Waals surface area (Å²) < 4.78 is 5.57. The molecule has 0 bridgehead atoms. The van der Waals surface area contributed by atoms with Gasteiger partial charge in [-0.2, -0.15) is 0 Å². The molecule has 0 radical (unpaired) electrons. The topological polar surface area (TPSA) is 29.5 Å². The highest BCUT2D eigenvalue weighted by atomic mass is 16.5. The van der Waals surface area contributed by atoms with Crippen LogP contribution in [0.25, 0.3) is 0 Å². The molecular formula is C19H27NO2. The molecule has 3 rings (SSSR count). The summed E-state index contributed by atoms with van der Waals surface area (Å²) in [4.78, 5) is 15.2. The average Bonchev–Trinajstić information content (AvgIpc) is 3.39. The summed E-state index contributed by atoms with van der Waals surface area (Å²) >= 11 is 0. The van der Waals surface area contributed by atoms with Crippen molar-refractivity contribution in [1.29, 1.82) is 0 Å². The highest BCUT2D eigenvalue weighted by Gasteiger charge is 2.40. The Hall–Kier alpha value is -1.35. The first-order chi connectivity index (χ1) is 10.8. The number of amides is 1. The highest BCUT2D eigenvalue weighted by molar-refractivity contribution is 5.84. The predicted molar refractivity (Wildman–Crippen MR) is 87.7 cm³/mol. The zero-order chi connectivity index (χ0) is 15.4.